The Labute approximate surface area is 131 Å². The van der Waals surface area contributed by atoms with Crippen molar-refractivity contribution in [2.24, 2.45) is 11.5 Å². The molecule has 0 aliphatic heterocycles. The molecule has 1 atom stereocenters. The van der Waals surface area contributed by atoms with Gasteiger partial charge in [0, 0.05) is 17.7 Å². The number of hydrogen-bond donors (Lipinski definition) is 3. The van der Waals surface area contributed by atoms with Crippen LogP contribution in [0.5, 0.6) is 11.5 Å². The second kappa shape index (κ2) is 8.52. The molecule has 21 heavy (non-hydrogen) atoms. The molecule has 4 nitrogen and oxygen atoms in total. The van der Waals surface area contributed by atoms with Crippen LogP contribution in [0.25, 0.3) is 0 Å². The van der Waals surface area contributed by atoms with E-state index in [0.717, 1.165) is 5.56 Å². The molecule has 0 amide bonds. The number of nitrogens with two attached hydrogens (primary N) is 2. The summed E-state index contributed by atoms with van der Waals surface area (Å²) >= 11 is 0. The summed E-state index contributed by atoms with van der Waals surface area (Å²) in [6.45, 7) is 0.960. The van der Waals surface area contributed by atoms with Crippen molar-refractivity contribution < 1.29 is 9.84 Å². The van der Waals surface area contributed by atoms with Crippen molar-refractivity contribution in [2.45, 2.75) is 19.1 Å². The van der Waals surface area contributed by atoms with E-state index in [2.05, 4.69) is 0 Å². The van der Waals surface area contributed by atoms with Crippen LogP contribution in [0.4, 0.5) is 0 Å². The third-order valence-electron chi connectivity index (χ3n) is 3.13. The molecule has 0 heterocycles. The Balaban J connectivity index is 0.00000220. The molecule has 5 heteroatoms. The molecular weight excluding hydrogens is 288 g/mol. The van der Waals surface area contributed by atoms with Gasteiger partial charge < -0.3 is 21.3 Å². The summed E-state index contributed by atoms with van der Waals surface area (Å²) < 4.78 is 5.64. The zero-order valence-corrected chi connectivity index (χ0v) is 12.6. The van der Waals surface area contributed by atoms with Crippen LogP contribution in [0.15, 0.2) is 48.5 Å². The molecule has 0 aliphatic carbocycles. The van der Waals surface area contributed by atoms with E-state index >= 15 is 0 Å². The van der Waals surface area contributed by atoms with Crippen molar-refractivity contribution >= 4 is 12.4 Å². The minimum absolute atomic E-state index is 0. The van der Waals surface area contributed by atoms with Gasteiger partial charge in [-0.3, -0.25) is 0 Å². The Morgan fingerprint density at radius 2 is 1.81 bits per heavy atom. The van der Waals surface area contributed by atoms with Gasteiger partial charge in [-0.15, -0.1) is 12.4 Å². The lowest BCUT2D eigenvalue weighted by atomic mass is 10.0. The highest BCUT2D eigenvalue weighted by Gasteiger charge is 2.11. The highest BCUT2D eigenvalue weighted by atomic mass is 35.5. The Bertz CT molecular complexity index is 549. The number of phenolic OH excluding ortho intramolecular Hbond substituents is 1. The number of phenols is 1. The van der Waals surface area contributed by atoms with Crippen molar-refractivity contribution in [1.82, 2.24) is 0 Å². The van der Waals surface area contributed by atoms with Gasteiger partial charge in [0.1, 0.15) is 18.1 Å². The number of benzene rings is 2. The summed E-state index contributed by atoms with van der Waals surface area (Å²) in [6, 6.07) is 14.8. The molecule has 0 saturated carbocycles. The zero-order chi connectivity index (χ0) is 14.4. The maximum absolute atomic E-state index is 9.98. The number of rotatable bonds is 6. The fourth-order valence-corrected chi connectivity index (χ4v) is 2.00. The first-order chi connectivity index (χ1) is 9.70. The second-order valence-corrected chi connectivity index (χ2v) is 4.68. The maximum atomic E-state index is 9.98. The summed E-state index contributed by atoms with van der Waals surface area (Å²) in [5.41, 5.74) is 13.2. The summed E-state index contributed by atoms with van der Waals surface area (Å²) in [5.74, 6) is 0.770. The molecule has 5 N–H and O–H groups in total. The van der Waals surface area contributed by atoms with Gasteiger partial charge >= 0.3 is 0 Å². The molecule has 2 aromatic rings. The normalized spacial score (nSPS) is 11.5. The van der Waals surface area contributed by atoms with Gasteiger partial charge in [-0.1, -0.05) is 36.4 Å². The zero-order valence-electron chi connectivity index (χ0n) is 11.7. The number of ether oxygens (including phenoxy) is 1. The average molecular weight is 309 g/mol. The van der Waals surface area contributed by atoms with Crippen LogP contribution >= 0.6 is 12.4 Å². The SMILES string of the molecule is Cl.NCC[C@H](N)c1ccc(OCc2ccccc2)cc1O. The van der Waals surface area contributed by atoms with Gasteiger partial charge in [-0.25, -0.2) is 0 Å². The monoisotopic (exact) mass is 308 g/mol. The molecule has 0 bridgehead atoms. The largest absolute Gasteiger partial charge is 0.507 e. The van der Waals surface area contributed by atoms with E-state index in [1.807, 2.05) is 36.4 Å². The molecule has 2 rings (SSSR count). The standard InChI is InChI=1S/C16H20N2O2.ClH/c17-9-8-15(18)14-7-6-13(10-16(14)19)20-11-12-4-2-1-3-5-12;/h1-7,10,15,19H,8-9,11,17-18H2;1H/t15-;/m0./s1. The van der Waals surface area contributed by atoms with Gasteiger partial charge in [0.25, 0.3) is 0 Å². The Kier molecular flexibility index (Phi) is 7.02. The van der Waals surface area contributed by atoms with Crippen LogP contribution in [-0.4, -0.2) is 11.7 Å². The summed E-state index contributed by atoms with van der Waals surface area (Å²) in [4.78, 5) is 0. The molecule has 0 spiro atoms. The van der Waals surface area contributed by atoms with Crippen molar-refractivity contribution in [2.75, 3.05) is 6.54 Å². The molecule has 0 saturated heterocycles. The topological polar surface area (TPSA) is 81.5 Å². The lowest BCUT2D eigenvalue weighted by Crippen LogP contribution is -2.15. The molecule has 0 unspecified atom stereocenters. The van der Waals surface area contributed by atoms with E-state index in [1.54, 1.807) is 12.1 Å². The maximum Gasteiger partial charge on any atom is 0.124 e. The lowest BCUT2D eigenvalue weighted by Gasteiger charge is -2.14. The van der Waals surface area contributed by atoms with Gasteiger partial charge in [-0.2, -0.15) is 0 Å². The van der Waals surface area contributed by atoms with Crippen LogP contribution in [0.3, 0.4) is 0 Å². The third kappa shape index (κ3) is 4.93. The number of hydrogen-bond acceptors (Lipinski definition) is 4. The highest BCUT2D eigenvalue weighted by Crippen LogP contribution is 2.29. The van der Waals surface area contributed by atoms with Crippen molar-refractivity contribution in [3.8, 4) is 11.5 Å². The molecule has 2 aromatic carbocycles. The van der Waals surface area contributed by atoms with Crippen LogP contribution in [0.1, 0.15) is 23.6 Å². The van der Waals surface area contributed by atoms with E-state index in [0.29, 0.717) is 30.9 Å². The Hall–Kier alpha value is -1.75. The predicted molar refractivity (Wildman–Crippen MR) is 86.7 cm³/mol. The fourth-order valence-electron chi connectivity index (χ4n) is 2.00. The van der Waals surface area contributed by atoms with Crippen molar-refractivity contribution in [1.29, 1.82) is 0 Å². The first kappa shape index (κ1) is 17.3. The average Bonchev–Trinajstić information content (AvgIpc) is 2.46. The minimum Gasteiger partial charge on any atom is -0.507 e. The molecule has 114 valence electrons. The smallest absolute Gasteiger partial charge is 0.124 e. The van der Waals surface area contributed by atoms with Crippen LogP contribution in [-0.2, 0) is 6.61 Å². The summed E-state index contributed by atoms with van der Waals surface area (Å²) in [6.07, 6.45) is 0.637. The Morgan fingerprint density at radius 3 is 2.43 bits per heavy atom. The molecule has 0 radical (unpaired) electrons. The van der Waals surface area contributed by atoms with Gasteiger partial charge in [0.05, 0.1) is 0 Å². The molecule has 0 aromatic heterocycles. The fraction of sp³-hybridized carbons (Fsp3) is 0.250. The molecule has 0 aliphatic rings. The molecular formula is C16H21ClN2O2. The van der Waals surface area contributed by atoms with E-state index in [9.17, 15) is 5.11 Å². The van der Waals surface area contributed by atoms with Crippen molar-refractivity contribution in [3.63, 3.8) is 0 Å². The van der Waals surface area contributed by atoms with Crippen LogP contribution in [0.2, 0.25) is 0 Å². The van der Waals surface area contributed by atoms with E-state index < -0.39 is 0 Å². The first-order valence-corrected chi connectivity index (χ1v) is 6.66. The van der Waals surface area contributed by atoms with Crippen LogP contribution in [0, 0.1) is 0 Å². The number of halogens is 1. The molecule has 0 fully saturated rings. The van der Waals surface area contributed by atoms with E-state index in [4.69, 9.17) is 16.2 Å². The summed E-state index contributed by atoms with van der Waals surface area (Å²) in [7, 11) is 0. The van der Waals surface area contributed by atoms with Crippen molar-refractivity contribution in [3.05, 3.63) is 59.7 Å². The van der Waals surface area contributed by atoms with E-state index in [1.165, 1.54) is 0 Å². The quantitative estimate of drug-likeness (QED) is 0.766. The minimum atomic E-state index is -0.247. The highest BCUT2D eigenvalue weighted by molar-refractivity contribution is 5.85. The van der Waals surface area contributed by atoms with Gasteiger partial charge in [-0.05, 0) is 24.6 Å². The number of aromatic hydroxyl groups is 1. The predicted octanol–water partition coefficient (Wildman–Crippen LogP) is 2.74. The lowest BCUT2D eigenvalue weighted by molar-refractivity contribution is 0.304. The van der Waals surface area contributed by atoms with E-state index in [-0.39, 0.29) is 24.2 Å². The second-order valence-electron chi connectivity index (χ2n) is 4.68. The summed E-state index contributed by atoms with van der Waals surface area (Å²) in [5, 5.41) is 9.98. The Morgan fingerprint density at radius 1 is 1.10 bits per heavy atom. The third-order valence-corrected chi connectivity index (χ3v) is 3.13. The van der Waals surface area contributed by atoms with Gasteiger partial charge in [0.15, 0.2) is 0 Å². The van der Waals surface area contributed by atoms with Crippen LogP contribution < -0.4 is 16.2 Å². The first-order valence-electron chi connectivity index (χ1n) is 6.66. The van der Waals surface area contributed by atoms with Gasteiger partial charge in [0.2, 0.25) is 0 Å².